The maximum absolute atomic E-state index is 9.67. The van der Waals surface area contributed by atoms with Gasteiger partial charge in [0.25, 0.3) is 0 Å². The maximum Gasteiger partial charge on any atom is 0.227 e. The average molecular weight is 249 g/mol. The predicted octanol–water partition coefficient (Wildman–Crippen LogP) is 1.34. The van der Waals surface area contributed by atoms with Crippen molar-refractivity contribution in [3.8, 4) is 22.9 Å². The molecule has 96 valence electrons. The van der Waals surface area contributed by atoms with Crippen LogP contribution in [-0.2, 0) is 6.42 Å². The number of rotatable bonds is 5. The highest BCUT2D eigenvalue weighted by molar-refractivity contribution is 5.60. The van der Waals surface area contributed by atoms with Gasteiger partial charge in [0.15, 0.2) is 11.5 Å². The third kappa shape index (κ3) is 2.60. The van der Waals surface area contributed by atoms with Crippen LogP contribution in [0.1, 0.15) is 12.3 Å². The summed E-state index contributed by atoms with van der Waals surface area (Å²) in [5, 5.41) is 13.5. The molecule has 0 spiro atoms. The molecule has 0 aliphatic heterocycles. The number of aryl methyl sites for hydroxylation is 1. The fourth-order valence-electron chi connectivity index (χ4n) is 1.56. The van der Waals surface area contributed by atoms with Gasteiger partial charge < -0.3 is 20.1 Å². The van der Waals surface area contributed by atoms with Crippen molar-refractivity contribution in [2.75, 3.05) is 13.7 Å². The Kier molecular flexibility index (Phi) is 3.78. The van der Waals surface area contributed by atoms with Crippen LogP contribution in [0.4, 0.5) is 0 Å². The van der Waals surface area contributed by atoms with E-state index >= 15 is 0 Å². The third-order valence-electron chi connectivity index (χ3n) is 2.50. The van der Waals surface area contributed by atoms with Gasteiger partial charge in [-0.3, -0.25) is 0 Å². The largest absolute Gasteiger partial charge is 0.504 e. The molecule has 6 nitrogen and oxygen atoms in total. The van der Waals surface area contributed by atoms with Crippen molar-refractivity contribution in [1.29, 1.82) is 0 Å². The van der Waals surface area contributed by atoms with Crippen molar-refractivity contribution in [1.82, 2.24) is 10.1 Å². The molecule has 2 aromatic rings. The first-order chi connectivity index (χ1) is 8.74. The second kappa shape index (κ2) is 5.50. The Morgan fingerprint density at radius 2 is 2.28 bits per heavy atom. The topological polar surface area (TPSA) is 94.4 Å². The Morgan fingerprint density at radius 1 is 1.44 bits per heavy atom. The van der Waals surface area contributed by atoms with E-state index < -0.39 is 0 Å². The minimum Gasteiger partial charge on any atom is -0.504 e. The second-order valence-corrected chi connectivity index (χ2v) is 3.79. The second-order valence-electron chi connectivity index (χ2n) is 3.79. The summed E-state index contributed by atoms with van der Waals surface area (Å²) in [5.74, 6) is 1.44. The fraction of sp³-hybridized carbons (Fsp3) is 0.333. The quantitative estimate of drug-likeness (QED) is 0.830. The molecule has 1 aromatic heterocycles. The van der Waals surface area contributed by atoms with E-state index in [0.717, 1.165) is 6.42 Å². The lowest BCUT2D eigenvalue weighted by atomic mass is 10.2. The van der Waals surface area contributed by atoms with Crippen molar-refractivity contribution in [3.63, 3.8) is 0 Å². The lowest BCUT2D eigenvalue weighted by molar-refractivity contribution is 0.373. The predicted molar refractivity (Wildman–Crippen MR) is 65.3 cm³/mol. The Balaban J connectivity index is 2.20. The molecule has 18 heavy (non-hydrogen) atoms. The van der Waals surface area contributed by atoms with Crippen molar-refractivity contribution in [2.24, 2.45) is 5.73 Å². The Labute approximate surface area is 104 Å². The van der Waals surface area contributed by atoms with E-state index in [1.807, 2.05) is 0 Å². The van der Waals surface area contributed by atoms with Gasteiger partial charge in [-0.25, -0.2) is 0 Å². The summed E-state index contributed by atoms with van der Waals surface area (Å²) in [6, 6.07) is 4.95. The van der Waals surface area contributed by atoms with Crippen LogP contribution < -0.4 is 10.5 Å². The molecule has 0 unspecified atom stereocenters. The Morgan fingerprint density at radius 3 is 2.94 bits per heavy atom. The van der Waals surface area contributed by atoms with Gasteiger partial charge in [0.05, 0.1) is 7.11 Å². The molecule has 1 aromatic carbocycles. The third-order valence-corrected chi connectivity index (χ3v) is 2.50. The number of aromatic hydroxyl groups is 1. The average Bonchev–Trinajstić information content (AvgIpc) is 2.85. The number of aromatic nitrogens is 2. The van der Waals surface area contributed by atoms with Gasteiger partial charge in [-0.1, -0.05) is 5.16 Å². The van der Waals surface area contributed by atoms with Crippen molar-refractivity contribution < 1.29 is 14.4 Å². The molecule has 0 bridgehead atoms. The zero-order valence-corrected chi connectivity index (χ0v) is 10.1. The minimum absolute atomic E-state index is 0.0447. The number of hydrogen-bond donors (Lipinski definition) is 2. The van der Waals surface area contributed by atoms with Crippen LogP contribution in [0.3, 0.4) is 0 Å². The summed E-state index contributed by atoms with van der Waals surface area (Å²) < 4.78 is 10.1. The molecule has 3 N–H and O–H groups in total. The molecule has 0 aliphatic rings. The van der Waals surface area contributed by atoms with Crippen molar-refractivity contribution in [3.05, 3.63) is 24.1 Å². The first-order valence-electron chi connectivity index (χ1n) is 5.64. The molecule has 0 saturated heterocycles. The fourth-order valence-corrected chi connectivity index (χ4v) is 1.56. The molecule has 0 radical (unpaired) electrons. The molecule has 2 rings (SSSR count). The van der Waals surface area contributed by atoms with Crippen LogP contribution in [0.25, 0.3) is 11.4 Å². The standard InChI is InChI=1S/C12H15N3O3/c1-17-10-5-4-8(7-9(10)16)12-14-11(18-15-12)3-2-6-13/h4-5,7,16H,2-3,6,13H2,1H3. The maximum atomic E-state index is 9.67. The van der Waals surface area contributed by atoms with Crippen LogP contribution >= 0.6 is 0 Å². The number of benzene rings is 1. The number of ether oxygens (including phenoxy) is 1. The van der Waals surface area contributed by atoms with Crippen LogP contribution in [0.15, 0.2) is 22.7 Å². The van der Waals surface area contributed by atoms with E-state index in [9.17, 15) is 5.11 Å². The molecular weight excluding hydrogens is 234 g/mol. The summed E-state index contributed by atoms with van der Waals surface area (Å²) in [5.41, 5.74) is 6.09. The molecule has 1 heterocycles. The molecule has 0 saturated carbocycles. The van der Waals surface area contributed by atoms with Crippen molar-refractivity contribution in [2.45, 2.75) is 12.8 Å². The van der Waals surface area contributed by atoms with Crippen LogP contribution in [0, 0.1) is 0 Å². The SMILES string of the molecule is COc1ccc(-c2noc(CCCN)n2)cc1O. The number of phenols is 1. The Bertz CT molecular complexity index is 525. The number of phenolic OH excluding ortho intramolecular Hbond substituents is 1. The first-order valence-corrected chi connectivity index (χ1v) is 5.64. The summed E-state index contributed by atoms with van der Waals surface area (Å²) >= 11 is 0. The molecular formula is C12H15N3O3. The molecule has 0 atom stereocenters. The molecule has 0 fully saturated rings. The lowest BCUT2D eigenvalue weighted by Gasteiger charge is -2.03. The van der Waals surface area contributed by atoms with E-state index in [0.29, 0.717) is 36.0 Å². The number of nitrogens with zero attached hydrogens (tertiary/aromatic N) is 2. The van der Waals surface area contributed by atoms with Crippen LogP contribution in [0.5, 0.6) is 11.5 Å². The number of hydrogen-bond acceptors (Lipinski definition) is 6. The van der Waals surface area contributed by atoms with Gasteiger partial charge in [0.1, 0.15) is 0 Å². The molecule has 6 heteroatoms. The van der Waals surface area contributed by atoms with Crippen LogP contribution in [0.2, 0.25) is 0 Å². The van der Waals surface area contributed by atoms with E-state index in [4.69, 9.17) is 15.0 Å². The normalized spacial score (nSPS) is 10.6. The lowest BCUT2D eigenvalue weighted by Crippen LogP contribution is -2.00. The van der Waals surface area contributed by atoms with Gasteiger partial charge in [-0.15, -0.1) is 0 Å². The monoisotopic (exact) mass is 249 g/mol. The first kappa shape index (κ1) is 12.4. The van der Waals surface area contributed by atoms with Crippen LogP contribution in [-0.4, -0.2) is 28.9 Å². The van der Waals surface area contributed by atoms with Crippen molar-refractivity contribution >= 4 is 0 Å². The highest BCUT2D eigenvalue weighted by atomic mass is 16.5. The molecule has 0 amide bonds. The number of methoxy groups -OCH3 is 1. The molecule has 0 aliphatic carbocycles. The zero-order chi connectivity index (χ0) is 13.0. The zero-order valence-electron chi connectivity index (χ0n) is 10.1. The van der Waals surface area contributed by atoms with E-state index in [1.165, 1.54) is 13.2 Å². The van der Waals surface area contributed by atoms with Gasteiger partial charge >= 0.3 is 0 Å². The van der Waals surface area contributed by atoms with Gasteiger partial charge in [0.2, 0.25) is 11.7 Å². The van der Waals surface area contributed by atoms with Gasteiger partial charge in [0, 0.05) is 12.0 Å². The smallest absolute Gasteiger partial charge is 0.227 e. The Hall–Kier alpha value is -2.08. The summed E-state index contributed by atoms with van der Waals surface area (Å²) in [7, 11) is 1.49. The van der Waals surface area contributed by atoms with Gasteiger partial charge in [-0.2, -0.15) is 4.98 Å². The summed E-state index contributed by atoms with van der Waals surface area (Å²) in [6.45, 7) is 0.584. The van der Waals surface area contributed by atoms with E-state index in [1.54, 1.807) is 12.1 Å². The summed E-state index contributed by atoms with van der Waals surface area (Å²) in [6.07, 6.45) is 1.46. The summed E-state index contributed by atoms with van der Waals surface area (Å²) in [4.78, 5) is 4.23. The highest BCUT2D eigenvalue weighted by Gasteiger charge is 2.10. The van der Waals surface area contributed by atoms with Gasteiger partial charge in [-0.05, 0) is 31.2 Å². The van der Waals surface area contributed by atoms with E-state index in [-0.39, 0.29) is 5.75 Å². The highest BCUT2D eigenvalue weighted by Crippen LogP contribution is 2.30. The van der Waals surface area contributed by atoms with E-state index in [2.05, 4.69) is 10.1 Å². The minimum atomic E-state index is 0.0447. The number of nitrogens with two attached hydrogens (primary N) is 1.